The first-order chi connectivity index (χ1) is 12.1. The third-order valence-corrected chi connectivity index (χ3v) is 5.26. The van der Waals surface area contributed by atoms with Crippen LogP contribution in [0.15, 0.2) is 24.3 Å². The molecule has 2 heterocycles. The van der Waals surface area contributed by atoms with Crippen LogP contribution in [0.1, 0.15) is 54.2 Å². The molecule has 0 aliphatic carbocycles. The summed E-state index contributed by atoms with van der Waals surface area (Å²) >= 11 is 0. The van der Waals surface area contributed by atoms with Crippen molar-refractivity contribution in [3.63, 3.8) is 0 Å². The van der Waals surface area contributed by atoms with Crippen molar-refractivity contribution in [2.24, 2.45) is 0 Å². The topological polar surface area (TPSA) is 45.2 Å². The van der Waals surface area contributed by atoms with Crippen LogP contribution in [0.25, 0.3) is 10.9 Å². The second kappa shape index (κ2) is 7.96. The van der Waals surface area contributed by atoms with Gasteiger partial charge in [0, 0.05) is 30.2 Å². The SMILES string of the molecule is Cc1cc(C(=O)NCCCN2CCCCC2C)c2cccc(C)c2n1. The average molecular weight is 339 g/mol. The number of aromatic nitrogens is 1. The Labute approximate surface area is 150 Å². The summed E-state index contributed by atoms with van der Waals surface area (Å²) in [5.74, 6) is 0.00722. The second-order valence-electron chi connectivity index (χ2n) is 7.27. The number of piperidine rings is 1. The standard InChI is InChI=1S/C21H29N3O/c1-15-8-6-10-18-19(14-16(2)23-20(15)18)21(25)22-11-7-13-24-12-5-4-9-17(24)3/h6,8,10,14,17H,4-5,7,9,11-13H2,1-3H3,(H,22,25). The summed E-state index contributed by atoms with van der Waals surface area (Å²) in [6, 6.07) is 8.58. The molecule has 1 aliphatic heterocycles. The van der Waals surface area contributed by atoms with Gasteiger partial charge in [-0.1, -0.05) is 24.6 Å². The summed E-state index contributed by atoms with van der Waals surface area (Å²) in [4.78, 5) is 19.8. The fraction of sp³-hybridized carbons (Fsp3) is 0.524. The van der Waals surface area contributed by atoms with Gasteiger partial charge in [0.05, 0.1) is 11.1 Å². The number of nitrogens with one attached hydrogen (secondary N) is 1. The Morgan fingerprint density at radius 3 is 2.96 bits per heavy atom. The molecule has 0 bridgehead atoms. The first kappa shape index (κ1) is 17.9. The Hall–Kier alpha value is -1.94. The number of nitrogens with zero attached hydrogens (tertiary/aromatic N) is 2. The van der Waals surface area contributed by atoms with Crippen molar-refractivity contribution in [2.45, 2.75) is 52.5 Å². The minimum Gasteiger partial charge on any atom is -0.352 e. The number of fused-ring (bicyclic) bond motifs is 1. The molecule has 2 aromatic rings. The van der Waals surface area contributed by atoms with E-state index < -0.39 is 0 Å². The minimum atomic E-state index is 0.00722. The van der Waals surface area contributed by atoms with E-state index >= 15 is 0 Å². The number of aryl methyl sites for hydroxylation is 2. The van der Waals surface area contributed by atoms with Gasteiger partial charge in [-0.25, -0.2) is 0 Å². The van der Waals surface area contributed by atoms with Crippen LogP contribution >= 0.6 is 0 Å². The summed E-state index contributed by atoms with van der Waals surface area (Å²) < 4.78 is 0. The van der Waals surface area contributed by atoms with Gasteiger partial charge in [0.25, 0.3) is 5.91 Å². The highest BCUT2D eigenvalue weighted by Crippen LogP contribution is 2.21. The largest absolute Gasteiger partial charge is 0.352 e. The number of benzene rings is 1. The van der Waals surface area contributed by atoms with Crippen molar-refractivity contribution < 1.29 is 4.79 Å². The van der Waals surface area contributed by atoms with Gasteiger partial charge in [-0.2, -0.15) is 0 Å². The molecule has 1 unspecified atom stereocenters. The molecule has 3 rings (SSSR count). The lowest BCUT2D eigenvalue weighted by Crippen LogP contribution is -2.39. The van der Waals surface area contributed by atoms with Crippen LogP contribution in [0.3, 0.4) is 0 Å². The highest BCUT2D eigenvalue weighted by molar-refractivity contribution is 6.06. The Morgan fingerprint density at radius 2 is 2.16 bits per heavy atom. The molecule has 1 atom stereocenters. The van der Waals surface area contributed by atoms with Gasteiger partial charge in [-0.15, -0.1) is 0 Å². The Morgan fingerprint density at radius 1 is 1.32 bits per heavy atom. The van der Waals surface area contributed by atoms with E-state index in [1.807, 2.05) is 38.1 Å². The lowest BCUT2D eigenvalue weighted by Gasteiger charge is -2.33. The number of hydrogen-bond donors (Lipinski definition) is 1. The van der Waals surface area contributed by atoms with E-state index in [-0.39, 0.29) is 5.91 Å². The molecule has 1 saturated heterocycles. The van der Waals surface area contributed by atoms with Crippen molar-refractivity contribution >= 4 is 16.8 Å². The number of hydrogen-bond acceptors (Lipinski definition) is 3. The maximum absolute atomic E-state index is 12.7. The lowest BCUT2D eigenvalue weighted by atomic mass is 10.0. The zero-order valence-electron chi connectivity index (χ0n) is 15.6. The van der Waals surface area contributed by atoms with E-state index in [2.05, 4.69) is 22.1 Å². The molecular weight excluding hydrogens is 310 g/mol. The predicted molar refractivity (Wildman–Crippen MR) is 103 cm³/mol. The van der Waals surface area contributed by atoms with Crippen LogP contribution in [0.5, 0.6) is 0 Å². The van der Waals surface area contributed by atoms with Crippen LogP contribution in [0.2, 0.25) is 0 Å². The van der Waals surface area contributed by atoms with E-state index in [0.29, 0.717) is 6.04 Å². The van der Waals surface area contributed by atoms with Gasteiger partial charge >= 0.3 is 0 Å². The summed E-state index contributed by atoms with van der Waals surface area (Å²) in [5, 5.41) is 4.04. The Balaban J connectivity index is 1.62. The van der Waals surface area contributed by atoms with Crippen molar-refractivity contribution in [1.29, 1.82) is 0 Å². The van der Waals surface area contributed by atoms with E-state index in [4.69, 9.17) is 0 Å². The molecule has 1 N–H and O–H groups in total. The highest BCUT2D eigenvalue weighted by atomic mass is 16.1. The summed E-state index contributed by atoms with van der Waals surface area (Å²) in [7, 11) is 0. The fourth-order valence-electron chi connectivity index (χ4n) is 3.78. The lowest BCUT2D eigenvalue weighted by molar-refractivity contribution is 0.0950. The van der Waals surface area contributed by atoms with Crippen LogP contribution in [0.4, 0.5) is 0 Å². The van der Waals surface area contributed by atoms with Crippen LogP contribution in [0, 0.1) is 13.8 Å². The van der Waals surface area contributed by atoms with Gasteiger partial charge in [-0.05, 0) is 58.2 Å². The van der Waals surface area contributed by atoms with Gasteiger partial charge in [-0.3, -0.25) is 9.78 Å². The smallest absolute Gasteiger partial charge is 0.252 e. The van der Waals surface area contributed by atoms with E-state index in [1.54, 1.807) is 0 Å². The van der Waals surface area contributed by atoms with E-state index in [1.165, 1.54) is 25.8 Å². The number of rotatable bonds is 5. The quantitative estimate of drug-likeness (QED) is 0.842. The minimum absolute atomic E-state index is 0.00722. The maximum atomic E-state index is 12.7. The maximum Gasteiger partial charge on any atom is 0.252 e. The summed E-state index contributed by atoms with van der Waals surface area (Å²) in [5.41, 5.74) is 3.65. The van der Waals surface area contributed by atoms with Gasteiger partial charge in [0.1, 0.15) is 0 Å². The molecule has 0 saturated carbocycles. The number of para-hydroxylation sites is 1. The zero-order valence-corrected chi connectivity index (χ0v) is 15.6. The molecule has 4 heteroatoms. The van der Waals surface area contributed by atoms with Crippen molar-refractivity contribution in [1.82, 2.24) is 15.2 Å². The third-order valence-electron chi connectivity index (χ3n) is 5.26. The molecule has 134 valence electrons. The number of likely N-dealkylation sites (tertiary alicyclic amines) is 1. The predicted octanol–water partition coefficient (Wildman–Crippen LogP) is 3.85. The normalized spacial score (nSPS) is 18.4. The first-order valence-electron chi connectivity index (χ1n) is 9.45. The molecule has 1 fully saturated rings. The first-order valence-corrected chi connectivity index (χ1v) is 9.45. The summed E-state index contributed by atoms with van der Waals surface area (Å²) in [6.45, 7) is 9.28. The number of carbonyl (C=O) groups is 1. The third kappa shape index (κ3) is 4.18. The van der Waals surface area contributed by atoms with Gasteiger partial charge in [0.2, 0.25) is 0 Å². The molecule has 4 nitrogen and oxygen atoms in total. The summed E-state index contributed by atoms with van der Waals surface area (Å²) in [6.07, 6.45) is 4.95. The van der Waals surface area contributed by atoms with Crippen LogP contribution < -0.4 is 5.32 Å². The number of amides is 1. The van der Waals surface area contributed by atoms with E-state index in [0.717, 1.165) is 47.2 Å². The average Bonchev–Trinajstić information content (AvgIpc) is 2.60. The molecule has 1 aromatic heterocycles. The van der Waals surface area contributed by atoms with Gasteiger partial charge < -0.3 is 10.2 Å². The van der Waals surface area contributed by atoms with Crippen LogP contribution in [-0.4, -0.2) is 41.5 Å². The molecule has 1 amide bonds. The molecule has 1 aromatic carbocycles. The van der Waals surface area contributed by atoms with Crippen molar-refractivity contribution in [3.05, 3.63) is 41.1 Å². The Bertz CT molecular complexity index is 756. The van der Waals surface area contributed by atoms with Gasteiger partial charge in [0.15, 0.2) is 0 Å². The number of pyridine rings is 1. The molecular formula is C21H29N3O. The Kier molecular flexibility index (Phi) is 5.69. The molecule has 0 radical (unpaired) electrons. The number of carbonyl (C=O) groups excluding carboxylic acids is 1. The van der Waals surface area contributed by atoms with Crippen molar-refractivity contribution in [2.75, 3.05) is 19.6 Å². The van der Waals surface area contributed by atoms with Crippen molar-refractivity contribution in [3.8, 4) is 0 Å². The zero-order chi connectivity index (χ0) is 17.8. The highest BCUT2D eigenvalue weighted by Gasteiger charge is 2.17. The fourth-order valence-corrected chi connectivity index (χ4v) is 3.78. The molecule has 0 spiro atoms. The molecule has 1 aliphatic rings. The second-order valence-corrected chi connectivity index (χ2v) is 7.27. The van der Waals surface area contributed by atoms with Crippen LogP contribution in [-0.2, 0) is 0 Å². The van der Waals surface area contributed by atoms with E-state index in [9.17, 15) is 4.79 Å². The molecule has 25 heavy (non-hydrogen) atoms. The monoisotopic (exact) mass is 339 g/mol.